The van der Waals surface area contributed by atoms with Crippen LogP contribution in [0.5, 0.6) is 0 Å². The van der Waals surface area contributed by atoms with Gasteiger partial charge in [0, 0.05) is 23.7 Å². The quantitative estimate of drug-likeness (QED) is 0.454. The van der Waals surface area contributed by atoms with Gasteiger partial charge in [-0.1, -0.05) is 12.1 Å². The van der Waals surface area contributed by atoms with Gasteiger partial charge in [0.1, 0.15) is 0 Å². The molecule has 2 amide bonds. The topological polar surface area (TPSA) is 97.0 Å². The van der Waals surface area contributed by atoms with Gasteiger partial charge in [-0.2, -0.15) is 0 Å². The van der Waals surface area contributed by atoms with Gasteiger partial charge >= 0.3 is 18.0 Å². The molecule has 1 aromatic carbocycles. The number of nitrogens with one attached hydrogen (secondary N) is 2. The summed E-state index contributed by atoms with van der Waals surface area (Å²) in [6, 6.07) is 6.77. The second-order valence-electron chi connectivity index (χ2n) is 7.74. The molecule has 2 heterocycles. The minimum atomic E-state index is -0.612. The van der Waals surface area contributed by atoms with Crippen LogP contribution in [0, 0.1) is 5.92 Å². The number of nitrogens with zero attached hydrogens (tertiary/aromatic N) is 1. The molecule has 1 aromatic rings. The molecule has 0 aliphatic carbocycles. The Kier molecular flexibility index (Phi) is 8.58. The van der Waals surface area contributed by atoms with Crippen molar-refractivity contribution < 1.29 is 23.9 Å². The van der Waals surface area contributed by atoms with E-state index in [2.05, 4.69) is 15.5 Å². The zero-order valence-electron chi connectivity index (χ0n) is 18.8. The van der Waals surface area contributed by atoms with Crippen molar-refractivity contribution in [2.45, 2.75) is 37.6 Å². The van der Waals surface area contributed by atoms with Crippen molar-refractivity contribution in [3.05, 3.63) is 41.1 Å². The molecule has 1 saturated heterocycles. The Hall–Kier alpha value is -2.52. The third kappa shape index (κ3) is 5.83. The molecular weight excluding hydrogens is 430 g/mol. The summed E-state index contributed by atoms with van der Waals surface area (Å²) in [6.45, 7) is 5.77. The maximum Gasteiger partial charge on any atom is 0.338 e. The Morgan fingerprint density at radius 2 is 1.88 bits per heavy atom. The molecule has 0 spiro atoms. The fourth-order valence-corrected chi connectivity index (χ4v) is 4.52. The van der Waals surface area contributed by atoms with E-state index in [1.165, 1.54) is 0 Å². The van der Waals surface area contributed by atoms with Gasteiger partial charge in [0.15, 0.2) is 0 Å². The number of thioether (sulfide) groups is 1. The van der Waals surface area contributed by atoms with Gasteiger partial charge in [-0.3, -0.25) is 9.69 Å². The van der Waals surface area contributed by atoms with Gasteiger partial charge in [0.2, 0.25) is 0 Å². The van der Waals surface area contributed by atoms with E-state index >= 15 is 0 Å². The lowest BCUT2D eigenvalue weighted by Crippen LogP contribution is -2.50. The van der Waals surface area contributed by atoms with Gasteiger partial charge < -0.3 is 20.1 Å². The van der Waals surface area contributed by atoms with Crippen LogP contribution in [0.1, 0.15) is 38.3 Å². The van der Waals surface area contributed by atoms with Crippen LogP contribution in [0.15, 0.2) is 40.4 Å². The first kappa shape index (κ1) is 24.1. The van der Waals surface area contributed by atoms with E-state index in [-0.39, 0.29) is 24.5 Å². The average molecular weight is 462 g/mol. The normalized spacial score (nSPS) is 21.5. The predicted molar refractivity (Wildman–Crippen MR) is 122 cm³/mol. The number of ether oxygens (including phenoxy) is 2. The van der Waals surface area contributed by atoms with Crippen LogP contribution in [0.3, 0.4) is 0 Å². The first-order chi connectivity index (χ1) is 15.5. The Bertz CT molecular complexity index is 871. The third-order valence-corrected chi connectivity index (χ3v) is 6.35. The Morgan fingerprint density at radius 1 is 1.16 bits per heavy atom. The zero-order chi connectivity index (χ0) is 23.1. The van der Waals surface area contributed by atoms with Crippen molar-refractivity contribution >= 4 is 29.7 Å². The summed E-state index contributed by atoms with van der Waals surface area (Å²) in [4.78, 5) is 40.8. The molecule has 174 valence electrons. The SMILES string of the molecule is CCOC(=O)C1=C(CN2CCC[C@H](C(=O)OCC)C2)NC(=O)N[C@@H]1c1ccc(SC)cc1. The second kappa shape index (κ2) is 11.4. The van der Waals surface area contributed by atoms with Crippen LogP contribution < -0.4 is 10.6 Å². The van der Waals surface area contributed by atoms with E-state index < -0.39 is 12.0 Å². The van der Waals surface area contributed by atoms with E-state index in [1.54, 1.807) is 25.6 Å². The maximum atomic E-state index is 13.0. The Balaban J connectivity index is 1.90. The summed E-state index contributed by atoms with van der Waals surface area (Å²) < 4.78 is 10.5. The lowest BCUT2D eigenvalue weighted by atomic mass is 9.94. The lowest BCUT2D eigenvalue weighted by molar-refractivity contribution is -0.150. The molecule has 32 heavy (non-hydrogen) atoms. The van der Waals surface area contributed by atoms with Crippen molar-refractivity contribution in [1.29, 1.82) is 0 Å². The number of urea groups is 1. The third-order valence-electron chi connectivity index (χ3n) is 5.61. The minimum Gasteiger partial charge on any atom is -0.466 e. The highest BCUT2D eigenvalue weighted by molar-refractivity contribution is 7.98. The second-order valence-corrected chi connectivity index (χ2v) is 8.62. The fourth-order valence-electron chi connectivity index (χ4n) is 4.11. The van der Waals surface area contributed by atoms with E-state index in [0.717, 1.165) is 29.8 Å². The van der Waals surface area contributed by atoms with Crippen molar-refractivity contribution in [3.63, 3.8) is 0 Å². The Labute approximate surface area is 193 Å². The highest BCUT2D eigenvalue weighted by atomic mass is 32.2. The summed E-state index contributed by atoms with van der Waals surface area (Å²) in [5, 5.41) is 5.67. The number of hydrogen-bond acceptors (Lipinski definition) is 7. The molecule has 0 unspecified atom stereocenters. The first-order valence-corrected chi connectivity index (χ1v) is 12.2. The van der Waals surface area contributed by atoms with Gasteiger partial charge in [0.25, 0.3) is 0 Å². The molecule has 0 saturated carbocycles. The molecule has 2 atom stereocenters. The van der Waals surface area contributed by atoms with Crippen LogP contribution in [-0.2, 0) is 19.1 Å². The van der Waals surface area contributed by atoms with Gasteiger partial charge in [0.05, 0.1) is 30.7 Å². The van der Waals surface area contributed by atoms with Gasteiger partial charge in [-0.25, -0.2) is 9.59 Å². The lowest BCUT2D eigenvalue weighted by Gasteiger charge is -2.35. The number of hydrogen-bond donors (Lipinski definition) is 2. The smallest absolute Gasteiger partial charge is 0.338 e. The number of piperidine rings is 1. The maximum absolute atomic E-state index is 13.0. The van der Waals surface area contributed by atoms with E-state index in [0.29, 0.717) is 31.0 Å². The van der Waals surface area contributed by atoms with E-state index in [9.17, 15) is 14.4 Å². The molecule has 0 bridgehead atoms. The van der Waals surface area contributed by atoms with Crippen LogP contribution in [-0.4, -0.2) is 62.0 Å². The van der Waals surface area contributed by atoms with Crippen molar-refractivity contribution in [1.82, 2.24) is 15.5 Å². The number of carbonyl (C=O) groups excluding carboxylic acids is 3. The number of benzene rings is 1. The Morgan fingerprint density at radius 3 is 2.53 bits per heavy atom. The molecule has 8 nitrogen and oxygen atoms in total. The minimum absolute atomic E-state index is 0.196. The standard InChI is InChI=1S/C23H31N3O5S/c1-4-30-21(27)16-7-6-12-26(13-16)14-18-19(22(28)31-5-2)20(25-23(29)24-18)15-8-10-17(32-3)11-9-15/h8-11,16,20H,4-7,12-14H2,1-3H3,(H2,24,25,29)/t16-,20+/m0/s1. The average Bonchev–Trinajstić information content (AvgIpc) is 2.79. The fraction of sp³-hybridized carbons (Fsp3) is 0.522. The summed E-state index contributed by atoms with van der Waals surface area (Å²) in [7, 11) is 0. The summed E-state index contributed by atoms with van der Waals surface area (Å²) in [5.41, 5.74) is 1.71. The molecule has 2 aliphatic rings. The monoisotopic (exact) mass is 461 g/mol. The van der Waals surface area contributed by atoms with Crippen LogP contribution in [0.4, 0.5) is 4.79 Å². The van der Waals surface area contributed by atoms with Crippen LogP contribution in [0.25, 0.3) is 0 Å². The molecule has 9 heteroatoms. The van der Waals surface area contributed by atoms with E-state index in [1.807, 2.05) is 30.5 Å². The summed E-state index contributed by atoms with van der Waals surface area (Å²) in [6.07, 6.45) is 3.61. The molecule has 2 aliphatic heterocycles. The highest BCUT2D eigenvalue weighted by Crippen LogP contribution is 2.30. The van der Waals surface area contributed by atoms with Crippen LogP contribution in [0.2, 0.25) is 0 Å². The molecule has 3 rings (SSSR count). The number of carbonyl (C=O) groups is 3. The first-order valence-electron chi connectivity index (χ1n) is 11.0. The number of esters is 2. The molecule has 2 N–H and O–H groups in total. The molecular formula is C23H31N3O5S. The number of amides is 2. The summed E-state index contributed by atoms with van der Waals surface area (Å²) >= 11 is 1.62. The van der Waals surface area contributed by atoms with Crippen molar-refractivity contribution in [3.8, 4) is 0 Å². The molecule has 0 aromatic heterocycles. The van der Waals surface area contributed by atoms with E-state index in [4.69, 9.17) is 9.47 Å². The zero-order valence-corrected chi connectivity index (χ0v) is 19.6. The van der Waals surface area contributed by atoms with Crippen molar-refractivity contribution in [2.75, 3.05) is 39.1 Å². The largest absolute Gasteiger partial charge is 0.466 e. The number of rotatable bonds is 8. The number of likely N-dealkylation sites (tertiary alicyclic amines) is 1. The predicted octanol–water partition coefficient (Wildman–Crippen LogP) is 2.85. The molecule has 1 fully saturated rings. The molecule has 0 radical (unpaired) electrons. The highest BCUT2D eigenvalue weighted by Gasteiger charge is 2.35. The van der Waals surface area contributed by atoms with Crippen molar-refractivity contribution in [2.24, 2.45) is 5.92 Å². The summed E-state index contributed by atoms with van der Waals surface area (Å²) in [5.74, 6) is -0.867. The van der Waals surface area contributed by atoms with Crippen LogP contribution >= 0.6 is 11.8 Å². The van der Waals surface area contributed by atoms with Gasteiger partial charge in [-0.15, -0.1) is 11.8 Å². The van der Waals surface area contributed by atoms with Gasteiger partial charge in [-0.05, 0) is 57.2 Å².